The van der Waals surface area contributed by atoms with Crippen molar-refractivity contribution in [2.24, 2.45) is 0 Å². The molecule has 1 heterocycles. The number of methoxy groups -OCH3 is 4. The molecule has 0 atom stereocenters. The Balaban J connectivity index is 2.01. The number of hydrogen-bond acceptors (Lipinski definition) is 6. The van der Waals surface area contributed by atoms with Gasteiger partial charge in [0.1, 0.15) is 11.3 Å². The largest absolute Gasteiger partial charge is 0.493 e. The molecule has 0 radical (unpaired) electrons. The van der Waals surface area contributed by atoms with Crippen molar-refractivity contribution in [3.05, 3.63) is 47.3 Å². The molecule has 3 rings (SSSR count). The molecule has 140 valence electrons. The molecule has 3 aromatic rings. The second-order valence-corrected chi connectivity index (χ2v) is 5.57. The maximum absolute atomic E-state index is 11.9. The predicted octanol–water partition coefficient (Wildman–Crippen LogP) is 3.55. The van der Waals surface area contributed by atoms with E-state index >= 15 is 0 Å². The van der Waals surface area contributed by atoms with Crippen LogP contribution in [0.1, 0.15) is 21.7 Å². The molecule has 27 heavy (non-hydrogen) atoms. The van der Waals surface area contributed by atoms with E-state index in [9.17, 15) is 4.79 Å². The summed E-state index contributed by atoms with van der Waals surface area (Å²) >= 11 is 0. The fourth-order valence-corrected chi connectivity index (χ4v) is 2.83. The minimum absolute atomic E-state index is 0.412. The summed E-state index contributed by atoms with van der Waals surface area (Å²) in [5, 5.41) is 0. The summed E-state index contributed by atoms with van der Waals surface area (Å²) in [6.45, 7) is 0. The third kappa shape index (κ3) is 3.44. The van der Waals surface area contributed by atoms with Crippen molar-refractivity contribution in [3.8, 4) is 17.2 Å². The van der Waals surface area contributed by atoms with Crippen molar-refractivity contribution in [1.82, 2.24) is 9.97 Å². The van der Waals surface area contributed by atoms with Crippen LogP contribution in [0.15, 0.2) is 30.3 Å². The maximum atomic E-state index is 11.9. The van der Waals surface area contributed by atoms with Crippen LogP contribution in [0.3, 0.4) is 0 Å². The van der Waals surface area contributed by atoms with Gasteiger partial charge in [-0.1, -0.05) is 6.07 Å². The molecule has 0 aliphatic carbocycles. The average Bonchev–Trinajstić information content (AvgIpc) is 3.13. The van der Waals surface area contributed by atoms with E-state index in [1.54, 1.807) is 45.6 Å². The minimum Gasteiger partial charge on any atom is -0.493 e. The highest BCUT2D eigenvalue weighted by molar-refractivity contribution is 6.02. The summed E-state index contributed by atoms with van der Waals surface area (Å²) in [7, 11) is 6.04. The lowest BCUT2D eigenvalue weighted by Gasteiger charge is -2.13. The first-order valence-corrected chi connectivity index (χ1v) is 8.17. The van der Waals surface area contributed by atoms with Crippen molar-refractivity contribution in [1.29, 1.82) is 0 Å². The molecule has 1 aromatic heterocycles. The first kappa shape index (κ1) is 18.3. The Morgan fingerprint density at radius 1 is 0.963 bits per heavy atom. The van der Waals surface area contributed by atoms with Gasteiger partial charge < -0.3 is 23.9 Å². The SMILES string of the molecule is COC(=O)c1cccc2[nH]c(C=Cc3ccc(OC)c(OC)c3OC)nc12. The van der Waals surface area contributed by atoms with E-state index in [0.717, 1.165) is 11.1 Å². The molecule has 0 saturated heterocycles. The standard InChI is InChI=1S/C20H20N2O5/c1-24-15-10-8-12(18(25-2)19(15)26-3)9-11-16-21-14-7-5-6-13(17(14)22-16)20(23)27-4/h5-11H,1-4H3,(H,21,22). The van der Waals surface area contributed by atoms with Gasteiger partial charge in [0.05, 0.1) is 39.5 Å². The molecule has 0 bridgehead atoms. The quantitative estimate of drug-likeness (QED) is 0.670. The fourth-order valence-electron chi connectivity index (χ4n) is 2.83. The van der Waals surface area contributed by atoms with Crippen LogP contribution < -0.4 is 14.2 Å². The van der Waals surface area contributed by atoms with E-state index in [4.69, 9.17) is 18.9 Å². The van der Waals surface area contributed by atoms with E-state index in [-0.39, 0.29) is 0 Å². The van der Waals surface area contributed by atoms with Crippen LogP contribution in [-0.2, 0) is 4.74 Å². The summed E-state index contributed by atoms with van der Waals surface area (Å²) in [6, 6.07) is 8.97. The predicted molar refractivity (Wildman–Crippen MR) is 102 cm³/mol. The molecular weight excluding hydrogens is 348 g/mol. The number of hydrogen-bond donors (Lipinski definition) is 1. The first-order valence-electron chi connectivity index (χ1n) is 8.17. The highest BCUT2D eigenvalue weighted by Crippen LogP contribution is 2.40. The molecule has 0 amide bonds. The number of H-pyrrole nitrogens is 1. The second kappa shape index (κ2) is 7.82. The summed E-state index contributed by atoms with van der Waals surface area (Å²) in [5.74, 6) is 1.82. The summed E-state index contributed by atoms with van der Waals surface area (Å²) in [5.41, 5.74) is 2.51. The zero-order valence-corrected chi connectivity index (χ0v) is 15.5. The van der Waals surface area contributed by atoms with E-state index in [1.165, 1.54) is 7.11 Å². The van der Waals surface area contributed by atoms with Crippen LogP contribution in [0.2, 0.25) is 0 Å². The van der Waals surface area contributed by atoms with Gasteiger partial charge in [0.25, 0.3) is 0 Å². The minimum atomic E-state index is -0.427. The topological polar surface area (TPSA) is 82.7 Å². The Bertz CT molecular complexity index is 1010. The number of esters is 1. The zero-order valence-electron chi connectivity index (χ0n) is 15.5. The van der Waals surface area contributed by atoms with Gasteiger partial charge in [0.2, 0.25) is 5.75 Å². The number of aromatic nitrogens is 2. The second-order valence-electron chi connectivity index (χ2n) is 5.57. The van der Waals surface area contributed by atoms with Gasteiger partial charge in [-0.05, 0) is 36.4 Å². The number of carbonyl (C=O) groups excluding carboxylic acids is 1. The molecule has 0 unspecified atom stereocenters. The number of carbonyl (C=O) groups is 1. The normalized spacial score (nSPS) is 11.0. The van der Waals surface area contributed by atoms with Gasteiger partial charge in [-0.15, -0.1) is 0 Å². The van der Waals surface area contributed by atoms with E-state index in [1.807, 2.05) is 18.2 Å². The molecule has 1 N–H and O–H groups in total. The molecule has 0 saturated carbocycles. The van der Waals surface area contributed by atoms with E-state index in [0.29, 0.717) is 34.2 Å². The first-order chi connectivity index (χ1) is 13.1. The van der Waals surface area contributed by atoms with E-state index < -0.39 is 5.97 Å². The number of para-hydroxylation sites is 1. The Morgan fingerprint density at radius 3 is 2.41 bits per heavy atom. The number of imidazole rings is 1. The van der Waals surface area contributed by atoms with Crippen LogP contribution in [0.4, 0.5) is 0 Å². The smallest absolute Gasteiger partial charge is 0.340 e. The maximum Gasteiger partial charge on any atom is 0.340 e. The van der Waals surface area contributed by atoms with Crippen molar-refractivity contribution >= 4 is 29.2 Å². The lowest BCUT2D eigenvalue weighted by atomic mass is 10.1. The highest BCUT2D eigenvalue weighted by Gasteiger charge is 2.15. The number of rotatable bonds is 6. The third-order valence-electron chi connectivity index (χ3n) is 4.09. The van der Waals surface area contributed by atoms with Gasteiger partial charge in [0, 0.05) is 5.56 Å². The van der Waals surface area contributed by atoms with Gasteiger partial charge in [-0.3, -0.25) is 0 Å². The number of nitrogens with zero attached hydrogens (tertiary/aromatic N) is 1. The van der Waals surface area contributed by atoms with Crippen LogP contribution >= 0.6 is 0 Å². The van der Waals surface area contributed by atoms with Crippen molar-refractivity contribution in [2.75, 3.05) is 28.4 Å². The van der Waals surface area contributed by atoms with Crippen molar-refractivity contribution < 1.29 is 23.7 Å². The summed E-state index contributed by atoms with van der Waals surface area (Å²) in [6.07, 6.45) is 3.64. The lowest BCUT2D eigenvalue weighted by Crippen LogP contribution is -2.01. The summed E-state index contributed by atoms with van der Waals surface area (Å²) in [4.78, 5) is 19.6. The lowest BCUT2D eigenvalue weighted by molar-refractivity contribution is 0.0603. The molecule has 7 nitrogen and oxygen atoms in total. The van der Waals surface area contributed by atoms with Gasteiger partial charge >= 0.3 is 5.97 Å². The number of aromatic amines is 1. The monoisotopic (exact) mass is 368 g/mol. The molecule has 0 fully saturated rings. The fraction of sp³-hybridized carbons (Fsp3) is 0.200. The number of nitrogens with one attached hydrogen (secondary N) is 1. The Morgan fingerprint density at radius 2 is 1.74 bits per heavy atom. The van der Waals surface area contributed by atoms with Gasteiger partial charge in [0.15, 0.2) is 11.5 Å². The molecular formula is C20H20N2O5. The van der Waals surface area contributed by atoms with Crippen LogP contribution in [0, 0.1) is 0 Å². The van der Waals surface area contributed by atoms with Gasteiger partial charge in [-0.25, -0.2) is 9.78 Å². The Kier molecular flexibility index (Phi) is 5.30. The molecule has 0 aliphatic heterocycles. The van der Waals surface area contributed by atoms with Crippen LogP contribution in [0.5, 0.6) is 17.2 Å². The average molecular weight is 368 g/mol. The Labute approximate surface area is 156 Å². The van der Waals surface area contributed by atoms with Crippen molar-refractivity contribution in [3.63, 3.8) is 0 Å². The van der Waals surface area contributed by atoms with Crippen LogP contribution in [-0.4, -0.2) is 44.4 Å². The molecule has 0 aliphatic rings. The zero-order chi connectivity index (χ0) is 19.4. The Hall–Kier alpha value is -3.48. The van der Waals surface area contributed by atoms with Gasteiger partial charge in [-0.2, -0.15) is 0 Å². The summed E-state index contributed by atoms with van der Waals surface area (Å²) < 4.78 is 21.0. The number of ether oxygens (including phenoxy) is 4. The number of fused-ring (bicyclic) bond motifs is 1. The van der Waals surface area contributed by atoms with Crippen molar-refractivity contribution in [2.45, 2.75) is 0 Å². The van der Waals surface area contributed by atoms with Crippen LogP contribution in [0.25, 0.3) is 23.2 Å². The van der Waals surface area contributed by atoms with E-state index in [2.05, 4.69) is 9.97 Å². The number of benzene rings is 2. The molecule has 2 aromatic carbocycles. The third-order valence-corrected chi connectivity index (χ3v) is 4.09. The molecule has 0 spiro atoms. The molecule has 7 heteroatoms. The highest BCUT2D eigenvalue weighted by atomic mass is 16.5.